The highest BCUT2D eigenvalue weighted by molar-refractivity contribution is 6.33. The van der Waals surface area contributed by atoms with Crippen LogP contribution in [-0.4, -0.2) is 0 Å². The van der Waals surface area contributed by atoms with E-state index in [0.717, 1.165) is 18.2 Å². The molecule has 0 heterocycles. The number of hydrogen-bond acceptors (Lipinski definition) is 1. The van der Waals surface area contributed by atoms with Crippen LogP contribution < -0.4 is 4.74 Å². The van der Waals surface area contributed by atoms with Crippen molar-refractivity contribution in [3.63, 3.8) is 0 Å². The molecule has 0 aliphatic rings. The number of ether oxygens (including phenoxy) is 1. The van der Waals surface area contributed by atoms with Gasteiger partial charge in [-0.2, -0.15) is 22.0 Å². The molecule has 0 atom stereocenters. The number of halogens is 13. The number of aryl methyl sites for hydroxylation is 1. The van der Waals surface area contributed by atoms with Gasteiger partial charge in [-0.15, -0.1) is 0 Å². The Labute approximate surface area is 250 Å². The van der Waals surface area contributed by atoms with Gasteiger partial charge in [0.1, 0.15) is 56.8 Å². The molecule has 0 N–H and O–H groups in total. The summed E-state index contributed by atoms with van der Waals surface area (Å²) in [6.07, 6.45) is -9.57. The van der Waals surface area contributed by atoms with Crippen LogP contribution in [0.1, 0.15) is 30.0 Å². The molecule has 0 spiro atoms. The number of hydrogen-bond donors (Lipinski definition) is 0. The molecule has 5 rings (SSSR count). The Morgan fingerprint density at radius 2 is 1.27 bits per heavy atom. The first-order chi connectivity index (χ1) is 21.0. The van der Waals surface area contributed by atoms with Crippen LogP contribution in [0.15, 0.2) is 48.5 Å². The molecule has 0 radical (unpaired) electrons. The van der Waals surface area contributed by atoms with Gasteiger partial charge in [0, 0.05) is 5.56 Å². The minimum absolute atomic E-state index is 0.0979. The van der Waals surface area contributed by atoms with E-state index in [1.54, 1.807) is 6.92 Å². The first kappa shape index (κ1) is 32.3. The van der Waals surface area contributed by atoms with Gasteiger partial charge < -0.3 is 4.74 Å². The predicted octanol–water partition coefficient (Wildman–Crippen LogP) is 11.4. The lowest BCUT2D eigenvalue weighted by Gasteiger charge is -2.21. The molecule has 0 amide bonds. The van der Waals surface area contributed by atoms with Crippen LogP contribution in [0.2, 0.25) is 5.02 Å². The first-order valence-electron chi connectivity index (χ1n) is 12.8. The molecule has 0 aromatic heterocycles. The summed E-state index contributed by atoms with van der Waals surface area (Å²) in [7, 11) is 0. The Kier molecular flexibility index (Phi) is 8.13. The summed E-state index contributed by atoms with van der Waals surface area (Å²) >= 11 is 5.85. The van der Waals surface area contributed by atoms with Gasteiger partial charge in [-0.1, -0.05) is 37.1 Å². The highest BCUT2D eigenvalue weighted by Gasteiger charge is 2.42. The lowest BCUT2D eigenvalue weighted by molar-refractivity contribution is -0.189. The molecule has 0 aliphatic heterocycles. The predicted molar refractivity (Wildman–Crippen MR) is 142 cm³/mol. The van der Waals surface area contributed by atoms with E-state index in [1.165, 1.54) is 0 Å². The molecule has 5 aromatic carbocycles. The smallest absolute Gasteiger partial charge is 0.427 e. The second kappa shape index (κ2) is 11.3. The maximum absolute atomic E-state index is 15.6. The maximum Gasteiger partial charge on any atom is 0.432 e. The molecule has 236 valence electrons. The van der Waals surface area contributed by atoms with Gasteiger partial charge in [-0.25, -0.2) is 30.7 Å². The third kappa shape index (κ3) is 5.62. The van der Waals surface area contributed by atoms with Gasteiger partial charge in [0.15, 0.2) is 5.82 Å². The molecule has 45 heavy (non-hydrogen) atoms. The SMILES string of the molecule is CCCc1cc(F)c(C(F)(F)Oc2cc3ccc(-c4cc(F)c5c(F)c(C(F)(F)F)c(F)cc5c4)c(F)c3c(F)c2Cl)c(F)c1. The fraction of sp³-hybridized carbons (Fsp3) is 0.161. The largest absolute Gasteiger partial charge is 0.432 e. The molecule has 1 nitrogen and oxygen atoms in total. The fourth-order valence-electron chi connectivity index (χ4n) is 5.01. The highest BCUT2D eigenvalue weighted by Crippen LogP contribution is 2.44. The van der Waals surface area contributed by atoms with Gasteiger partial charge >= 0.3 is 12.3 Å². The minimum atomic E-state index is -5.50. The summed E-state index contributed by atoms with van der Waals surface area (Å²) in [4.78, 5) is 0. The van der Waals surface area contributed by atoms with E-state index in [1.807, 2.05) is 0 Å². The molecule has 0 saturated heterocycles. The topological polar surface area (TPSA) is 9.23 Å². The van der Waals surface area contributed by atoms with E-state index in [2.05, 4.69) is 4.74 Å². The lowest BCUT2D eigenvalue weighted by Crippen LogP contribution is -2.25. The van der Waals surface area contributed by atoms with Crippen molar-refractivity contribution in [1.29, 1.82) is 0 Å². The molecule has 0 unspecified atom stereocenters. The lowest BCUT2D eigenvalue weighted by atomic mass is 9.96. The molecule has 0 saturated carbocycles. The van der Waals surface area contributed by atoms with Crippen molar-refractivity contribution >= 4 is 33.1 Å². The average Bonchev–Trinajstić information content (AvgIpc) is 2.89. The van der Waals surface area contributed by atoms with Crippen molar-refractivity contribution in [3.8, 4) is 16.9 Å². The molecule has 14 heteroatoms. The van der Waals surface area contributed by atoms with Crippen molar-refractivity contribution in [2.24, 2.45) is 0 Å². The Balaban J connectivity index is 1.60. The van der Waals surface area contributed by atoms with Gasteiger partial charge in [0.2, 0.25) is 0 Å². The second-order valence-corrected chi connectivity index (χ2v) is 10.3. The van der Waals surface area contributed by atoms with Crippen molar-refractivity contribution in [2.75, 3.05) is 0 Å². The monoisotopic (exact) mass is 666 g/mol. The van der Waals surface area contributed by atoms with E-state index < -0.39 is 108 Å². The van der Waals surface area contributed by atoms with Crippen LogP contribution in [-0.2, 0) is 18.7 Å². The molecular formula is C31H15ClF12O. The first-order valence-corrected chi connectivity index (χ1v) is 13.2. The van der Waals surface area contributed by atoms with E-state index in [-0.39, 0.29) is 18.1 Å². The zero-order valence-corrected chi connectivity index (χ0v) is 23.1. The van der Waals surface area contributed by atoms with Crippen molar-refractivity contribution in [3.05, 3.63) is 111 Å². The zero-order valence-electron chi connectivity index (χ0n) is 22.4. The van der Waals surface area contributed by atoms with Crippen LogP contribution >= 0.6 is 11.6 Å². The second-order valence-electron chi connectivity index (χ2n) is 9.93. The Morgan fingerprint density at radius 1 is 0.644 bits per heavy atom. The summed E-state index contributed by atoms with van der Waals surface area (Å²) in [6.45, 7) is 1.70. The normalized spacial score (nSPS) is 12.4. The molecule has 0 aliphatic carbocycles. The highest BCUT2D eigenvalue weighted by atomic mass is 35.5. The number of rotatable bonds is 6. The standard InChI is InChI=1S/C31H15ClF12O/c1-2-3-12-6-18(34)24(19(35)7-12)31(43,44)45-21-11-13-4-5-16(27(37)23(13)29(39)26(21)32)14-8-15-10-20(36)25(30(40,41)42)28(38)22(15)17(33)9-14/h4-11H,2-3H2,1H3. The Bertz CT molecular complexity index is 1980. The van der Waals surface area contributed by atoms with Gasteiger partial charge in [0.25, 0.3) is 0 Å². The van der Waals surface area contributed by atoms with Gasteiger partial charge in [-0.05, 0) is 64.7 Å². The van der Waals surface area contributed by atoms with E-state index in [0.29, 0.717) is 30.7 Å². The van der Waals surface area contributed by atoms with E-state index in [9.17, 15) is 43.9 Å². The van der Waals surface area contributed by atoms with Crippen LogP contribution in [0.3, 0.4) is 0 Å². The third-order valence-electron chi connectivity index (χ3n) is 6.93. The third-order valence-corrected chi connectivity index (χ3v) is 7.29. The summed E-state index contributed by atoms with van der Waals surface area (Å²) in [5.41, 5.74) is -5.13. The number of benzene rings is 5. The minimum Gasteiger partial charge on any atom is -0.427 e. The average molecular weight is 667 g/mol. The van der Waals surface area contributed by atoms with Crippen LogP contribution in [0.25, 0.3) is 32.7 Å². The summed E-state index contributed by atoms with van der Waals surface area (Å²) in [5.74, 6) is -13.5. The fourth-order valence-corrected chi connectivity index (χ4v) is 5.19. The summed E-state index contributed by atoms with van der Waals surface area (Å²) in [6, 6.07) is 5.22. The maximum atomic E-state index is 15.6. The summed E-state index contributed by atoms with van der Waals surface area (Å²) < 4.78 is 177. The van der Waals surface area contributed by atoms with Crippen LogP contribution in [0.5, 0.6) is 5.75 Å². The number of alkyl halides is 5. The van der Waals surface area contributed by atoms with E-state index in [4.69, 9.17) is 11.6 Å². The van der Waals surface area contributed by atoms with Crippen molar-refractivity contribution in [2.45, 2.75) is 32.1 Å². The molecular weight excluding hydrogens is 652 g/mol. The van der Waals surface area contributed by atoms with Crippen molar-refractivity contribution < 1.29 is 57.4 Å². The zero-order chi connectivity index (χ0) is 33.2. The van der Waals surface area contributed by atoms with Gasteiger partial charge in [-0.3, -0.25) is 0 Å². The molecule has 0 bridgehead atoms. The Morgan fingerprint density at radius 3 is 1.87 bits per heavy atom. The van der Waals surface area contributed by atoms with E-state index >= 15 is 8.78 Å². The van der Waals surface area contributed by atoms with Crippen molar-refractivity contribution in [1.82, 2.24) is 0 Å². The van der Waals surface area contributed by atoms with Crippen LogP contribution in [0, 0.1) is 40.7 Å². The Hall–Kier alpha value is -4.13. The summed E-state index contributed by atoms with van der Waals surface area (Å²) in [5, 5.41) is -4.59. The van der Waals surface area contributed by atoms with Gasteiger partial charge in [0.05, 0.1) is 10.8 Å². The quantitative estimate of drug-likeness (QED) is 0.164. The number of fused-ring (bicyclic) bond motifs is 2. The molecule has 5 aromatic rings. The molecule has 0 fully saturated rings. The van der Waals surface area contributed by atoms with Crippen LogP contribution in [0.4, 0.5) is 52.7 Å².